The molecular formula is C64H44N2. The highest BCUT2D eigenvalue weighted by molar-refractivity contribution is 6.08. The van der Waals surface area contributed by atoms with Gasteiger partial charge in [0.2, 0.25) is 0 Å². The minimum atomic E-state index is 0.655. The second kappa shape index (κ2) is 18.2. The summed E-state index contributed by atoms with van der Waals surface area (Å²) in [7, 11) is 0. The third-order valence-corrected chi connectivity index (χ3v) is 12.3. The van der Waals surface area contributed by atoms with Crippen LogP contribution in [0.15, 0.2) is 267 Å². The Kier molecular flexibility index (Phi) is 11.0. The lowest BCUT2D eigenvalue weighted by Gasteiger charge is -2.25. The quantitative estimate of drug-likeness (QED) is 0.137. The van der Waals surface area contributed by atoms with Crippen molar-refractivity contribution < 1.29 is 0 Å². The number of benzene rings is 10. The molecule has 0 spiro atoms. The van der Waals surface area contributed by atoms with Gasteiger partial charge in [-0.15, -0.1) is 0 Å². The van der Waals surface area contributed by atoms with Gasteiger partial charge in [-0.1, -0.05) is 243 Å². The molecule has 10 aromatic carbocycles. The molecule has 0 radical (unpaired) electrons. The summed E-state index contributed by atoms with van der Waals surface area (Å²) in [6.45, 7) is 0. The van der Waals surface area contributed by atoms with E-state index in [1.807, 2.05) is 0 Å². The van der Waals surface area contributed by atoms with Crippen LogP contribution in [0.2, 0.25) is 0 Å². The smallest absolute Gasteiger partial charge is 0.161 e. The van der Waals surface area contributed by atoms with Crippen molar-refractivity contribution in [3.63, 3.8) is 0 Å². The van der Waals surface area contributed by atoms with Gasteiger partial charge in [0.15, 0.2) is 5.82 Å². The van der Waals surface area contributed by atoms with Gasteiger partial charge in [0.1, 0.15) is 0 Å². The maximum atomic E-state index is 5.52. The Hall–Kier alpha value is -8.72. The molecule has 0 N–H and O–H groups in total. The molecule has 1 heterocycles. The van der Waals surface area contributed by atoms with Gasteiger partial charge < -0.3 is 0 Å². The summed E-state index contributed by atoms with van der Waals surface area (Å²) in [5.74, 6) is 0.655. The topological polar surface area (TPSA) is 25.8 Å². The lowest BCUT2D eigenvalue weighted by molar-refractivity contribution is 1.18. The lowest BCUT2D eigenvalue weighted by atomic mass is 9.78. The highest BCUT2D eigenvalue weighted by Gasteiger charge is 2.26. The molecule has 0 aliphatic rings. The zero-order valence-electron chi connectivity index (χ0n) is 36.3. The molecule has 0 aliphatic carbocycles. The first-order valence-corrected chi connectivity index (χ1v) is 22.5. The second-order valence-corrected chi connectivity index (χ2v) is 16.5. The van der Waals surface area contributed by atoms with Crippen molar-refractivity contribution in [2.24, 2.45) is 0 Å². The van der Waals surface area contributed by atoms with Crippen LogP contribution in [0.25, 0.3) is 112 Å². The summed E-state index contributed by atoms with van der Waals surface area (Å²) in [5, 5.41) is 0. The first-order valence-electron chi connectivity index (χ1n) is 22.5. The maximum absolute atomic E-state index is 5.52. The van der Waals surface area contributed by atoms with Crippen molar-refractivity contribution in [2.45, 2.75) is 0 Å². The molecule has 66 heavy (non-hydrogen) atoms. The fourth-order valence-electron chi connectivity index (χ4n) is 9.20. The number of nitrogens with zero attached hydrogens (tertiary/aromatic N) is 2. The zero-order valence-corrected chi connectivity index (χ0v) is 36.3. The van der Waals surface area contributed by atoms with E-state index in [2.05, 4.69) is 267 Å². The van der Waals surface area contributed by atoms with Crippen LogP contribution in [0.3, 0.4) is 0 Å². The molecule has 2 heteroatoms. The molecule has 0 atom stereocenters. The molecule has 310 valence electrons. The summed E-state index contributed by atoms with van der Waals surface area (Å²) >= 11 is 0. The van der Waals surface area contributed by atoms with Gasteiger partial charge in [-0.3, -0.25) is 0 Å². The summed E-state index contributed by atoms with van der Waals surface area (Å²) in [5.41, 5.74) is 20.6. The van der Waals surface area contributed by atoms with Crippen molar-refractivity contribution in [3.05, 3.63) is 267 Å². The number of rotatable bonds is 10. The van der Waals surface area contributed by atoms with Crippen LogP contribution in [-0.2, 0) is 0 Å². The number of aromatic nitrogens is 2. The standard InChI is InChI=1S/C64H44N2/c1-7-23-45(24-8-1)51-35-21-37-53(41-51)59-44-60(54-38-22-36-52(42-54)46-25-9-2-10-26-46)66-64(65-59)56-40-20-19-39-55(56)58-43-57(47-27-11-3-12-28-47)61(48-29-13-4-14-30-48)63(50-33-17-6-18-34-50)62(58)49-31-15-5-16-32-49/h1-44H. The van der Waals surface area contributed by atoms with Crippen LogP contribution in [-0.4, -0.2) is 9.97 Å². The molecular weight excluding hydrogens is 797 g/mol. The Morgan fingerprint density at radius 3 is 0.970 bits per heavy atom. The number of hydrogen-bond donors (Lipinski definition) is 0. The van der Waals surface area contributed by atoms with Crippen LogP contribution in [0, 0.1) is 0 Å². The highest BCUT2D eigenvalue weighted by atomic mass is 14.9. The van der Waals surface area contributed by atoms with Crippen LogP contribution in [0.4, 0.5) is 0 Å². The van der Waals surface area contributed by atoms with Crippen LogP contribution < -0.4 is 0 Å². The average molecular weight is 841 g/mol. The Balaban J connectivity index is 1.21. The number of hydrogen-bond acceptors (Lipinski definition) is 2. The van der Waals surface area contributed by atoms with Gasteiger partial charge in [0.05, 0.1) is 11.4 Å². The lowest BCUT2D eigenvalue weighted by Crippen LogP contribution is -2.01. The van der Waals surface area contributed by atoms with E-state index >= 15 is 0 Å². The van der Waals surface area contributed by atoms with Gasteiger partial charge in [-0.25, -0.2) is 9.97 Å². The molecule has 2 nitrogen and oxygen atoms in total. The Morgan fingerprint density at radius 2 is 0.515 bits per heavy atom. The summed E-state index contributed by atoms with van der Waals surface area (Å²) in [4.78, 5) is 11.0. The fourth-order valence-corrected chi connectivity index (χ4v) is 9.20. The average Bonchev–Trinajstić information content (AvgIpc) is 3.41. The van der Waals surface area contributed by atoms with Gasteiger partial charge in [-0.05, 0) is 102 Å². The van der Waals surface area contributed by atoms with Gasteiger partial charge in [0.25, 0.3) is 0 Å². The van der Waals surface area contributed by atoms with E-state index in [0.29, 0.717) is 5.82 Å². The van der Waals surface area contributed by atoms with Crippen molar-refractivity contribution in [1.82, 2.24) is 9.97 Å². The summed E-state index contributed by atoms with van der Waals surface area (Å²) in [6, 6.07) is 95.0. The Labute approximate surface area is 386 Å². The van der Waals surface area contributed by atoms with Gasteiger partial charge >= 0.3 is 0 Å². The molecule has 11 aromatic rings. The highest BCUT2D eigenvalue weighted by Crippen LogP contribution is 2.51. The van der Waals surface area contributed by atoms with E-state index in [1.165, 1.54) is 11.1 Å². The van der Waals surface area contributed by atoms with Crippen LogP contribution in [0.5, 0.6) is 0 Å². The van der Waals surface area contributed by atoms with E-state index in [9.17, 15) is 0 Å². The molecule has 0 bridgehead atoms. The zero-order chi connectivity index (χ0) is 44.1. The monoisotopic (exact) mass is 840 g/mol. The molecule has 0 unspecified atom stereocenters. The van der Waals surface area contributed by atoms with E-state index in [0.717, 1.165) is 94.8 Å². The maximum Gasteiger partial charge on any atom is 0.161 e. The first kappa shape index (κ1) is 40.1. The van der Waals surface area contributed by atoms with Gasteiger partial charge in [0, 0.05) is 16.7 Å². The summed E-state index contributed by atoms with van der Waals surface area (Å²) < 4.78 is 0. The minimum Gasteiger partial charge on any atom is -0.228 e. The molecule has 11 rings (SSSR count). The van der Waals surface area contributed by atoms with Crippen molar-refractivity contribution >= 4 is 0 Å². The van der Waals surface area contributed by atoms with Gasteiger partial charge in [-0.2, -0.15) is 0 Å². The fraction of sp³-hybridized carbons (Fsp3) is 0. The normalized spacial score (nSPS) is 11.0. The summed E-state index contributed by atoms with van der Waals surface area (Å²) in [6.07, 6.45) is 0. The van der Waals surface area contributed by atoms with Crippen LogP contribution >= 0.6 is 0 Å². The molecule has 0 saturated carbocycles. The largest absolute Gasteiger partial charge is 0.228 e. The SMILES string of the molecule is c1ccc(-c2cccc(-c3cc(-c4cccc(-c5ccccc5)c4)nc(-c4ccccc4-c4cc(-c5ccccc5)c(-c5ccccc5)c(-c5ccccc5)c4-c4ccccc4)n3)c2)cc1. The van der Waals surface area contributed by atoms with E-state index < -0.39 is 0 Å². The molecule has 0 amide bonds. The predicted octanol–water partition coefficient (Wildman–Crippen LogP) is 17.1. The molecule has 0 saturated heterocycles. The van der Waals surface area contributed by atoms with E-state index in [4.69, 9.17) is 9.97 Å². The van der Waals surface area contributed by atoms with Crippen molar-refractivity contribution in [3.8, 4) is 112 Å². The van der Waals surface area contributed by atoms with Crippen LogP contribution in [0.1, 0.15) is 0 Å². The first-order chi connectivity index (χ1) is 32.7. The second-order valence-electron chi connectivity index (χ2n) is 16.5. The van der Waals surface area contributed by atoms with E-state index in [1.54, 1.807) is 0 Å². The Morgan fingerprint density at radius 1 is 0.182 bits per heavy atom. The Bertz CT molecular complexity index is 3320. The minimum absolute atomic E-state index is 0.655. The molecule has 1 aromatic heterocycles. The third kappa shape index (κ3) is 8.05. The van der Waals surface area contributed by atoms with Crippen molar-refractivity contribution in [1.29, 1.82) is 0 Å². The molecule has 0 aliphatic heterocycles. The van der Waals surface area contributed by atoms with E-state index in [-0.39, 0.29) is 0 Å². The third-order valence-electron chi connectivity index (χ3n) is 12.3. The predicted molar refractivity (Wildman–Crippen MR) is 276 cm³/mol. The molecule has 0 fully saturated rings. The van der Waals surface area contributed by atoms with Crippen molar-refractivity contribution in [2.75, 3.05) is 0 Å².